The average Bonchev–Trinajstić information content (AvgIpc) is 2.57. The Kier molecular flexibility index (Phi) is 6.48. The van der Waals surface area contributed by atoms with Gasteiger partial charge in [-0.05, 0) is 19.3 Å². The number of nitrogens with one attached hydrogen (secondary N) is 1. The maximum atomic E-state index is 12.2. The van der Waals surface area contributed by atoms with Crippen molar-refractivity contribution in [2.45, 2.75) is 51.5 Å². The van der Waals surface area contributed by atoms with Crippen molar-refractivity contribution < 1.29 is 8.42 Å². The average molecular weight is 293 g/mol. The van der Waals surface area contributed by atoms with E-state index in [0.29, 0.717) is 19.5 Å². The molecule has 0 aromatic rings. The van der Waals surface area contributed by atoms with Gasteiger partial charge in [0.15, 0.2) is 0 Å². The minimum absolute atomic E-state index is 0.218. The van der Waals surface area contributed by atoms with Crippen molar-refractivity contribution in [2.75, 3.05) is 13.1 Å². The summed E-state index contributed by atoms with van der Waals surface area (Å²) in [4.78, 5) is 0.218. The van der Waals surface area contributed by atoms with Crippen molar-refractivity contribution in [2.24, 2.45) is 5.73 Å². The molecule has 1 heterocycles. The Labute approximate surface area is 115 Å². The first-order valence-electron chi connectivity index (χ1n) is 6.54. The van der Waals surface area contributed by atoms with Crippen LogP contribution in [0.25, 0.3) is 0 Å². The summed E-state index contributed by atoms with van der Waals surface area (Å²) in [5, 5.41) is 0. The first-order chi connectivity index (χ1) is 8.47. The lowest BCUT2D eigenvalue weighted by Gasteiger charge is -2.24. The summed E-state index contributed by atoms with van der Waals surface area (Å²) in [6.45, 7) is 3.16. The van der Waals surface area contributed by atoms with Crippen LogP contribution in [0.2, 0.25) is 0 Å². The molecule has 1 unspecified atom stereocenters. The summed E-state index contributed by atoms with van der Waals surface area (Å²) in [7, 11) is -3.46. The van der Waals surface area contributed by atoms with Crippen LogP contribution in [-0.2, 0) is 10.2 Å². The zero-order valence-electron chi connectivity index (χ0n) is 10.9. The molecule has 7 heteroatoms. The van der Waals surface area contributed by atoms with Gasteiger partial charge in [0.25, 0.3) is 10.2 Å². The fourth-order valence-corrected chi connectivity index (χ4v) is 3.83. The SMILES string of the molecule is CCCC(NS(=O)(=O)N1CCCCCC1)C(N)=S. The first kappa shape index (κ1) is 15.8. The molecule has 1 aliphatic heterocycles. The summed E-state index contributed by atoms with van der Waals surface area (Å²) in [6.07, 6.45) is 5.52. The normalized spacial score (nSPS) is 20.3. The zero-order chi connectivity index (χ0) is 13.6. The van der Waals surface area contributed by atoms with E-state index in [1.807, 2.05) is 6.92 Å². The van der Waals surface area contributed by atoms with E-state index in [2.05, 4.69) is 4.72 Å². The standard InChI is InChI=1S/C11H23N3O2S2/c1-2-7-10(11(12)17)13-18(15,16)14-8-5-3-4-6-9-14/h10,13H,2-9H2,1H3,(H2,12,17). The van der Waals surface area contributed by atoms with E-state index in [9.17, 15) is 8.42 Å². The van der Waals surface area contributed by atoms with E-state index in [1.165, 1.54) is 4.31 Å². The minimum atomic E-state index is -3.46. The molecule has 3 N–H and O–H groups in total. The molecule has 0 amide bonds. The van der Waals surface area contributed by atoms with Gasteiger partial charge in [0.1, 0.15) is 0 Å². The summed E-state index contributed by atoms with van der Waals surface area (Å²) in [5.74, 6) is 0. The molecule has 0 radical (unpaired) electrons. The smallest absolute Gasteiger partial charge is 0.280 e. The third-order valence-corrected chi connectivity index (χ3v) is 5.03. The van der Waals surface area contributed by atoms with Gasteiger partial charge in [-0.15, -0.1) is 0 Å². The lowest BCUT2D eigenvalue weighted by atomic mass is 10.2. The molecule has 106 valence electrons. The van der Waals surface area contributed by atoms with E-state index in [4.69, 9.17) is 18.0 Å². The van der Waals surface area contributed by atoms with Gasteiger partial charge in [-0.2, -0.15) is 17.4 Å². The highest BCUT2D eigenvalue weighted by Gasteiger charge is 2.26. The lowest BCUT2D eigenvalue weighted by molar-refractivity contribution is 0.411. The third-order valence-electron chi connectivity index (χ3n) is 3.12. The Balaban J connectivity index is 2.69. The van der Waals surface area contributed by atoms with Crippen molar-refractivity contribution in [3.05, 3.63) is 0 Å². The first-order valence-corrected chi connectivity index (χ1v) is 8.39. The molecule has 18 heavy (non-hydrogen) atoms. The fraction of sp³-hybridized carbons (Fsp3) is 0.909. The number of thiocarbonyl (C=S) groups is 1. The Morgan fingerprint density at radius 1 is 1.33 bits per heavy atom. The lowest BCUT2D eigenvalue weighted by Crippen LogP contribution is -2.49. The fourth-order valence-electron chi connectivity index (χ4n) is 2.08. The predicted molar refractivity (Wildman–Crippen MR) is 77.6 cm³/mol. The summed E-state index contributed by atoms with van der Waals surface area (Å²) in [6, 6.07) is -0.432. The highest BCUT2D eigenvalue weighted by molar-refractivity contribution is 7.87. The molecule has 0 aromatic carbocycles. The molecule has 5 nitrogen and oxygen atoms in total. The summed E-state index contributed by atoms with van der Waals surface area (Å²) >= 11 is 4.91. The second-order valence-corrected chi connectivity index (χ2v) is 6.85. The topological polar surface area (TPSA) is 75.4 Å². The Bertz CT molecular complexity index is 362. The molecule has 1 aliphatic rings. The van der Waals surface area contributed by atoms with Gasteiger partial charge in [0.05, 0.1) is 11.0 Å². The van der Waals surface area contributed by atoms with Crippen LogP contribution in [0.5, 0.6) is 0 Å². The Hall–Kier alpha value is -0.240. The molecule has 0 aromatic heterocycles. The molecule has 1 fully saturated rings. The summed E-state index contributed by atoms with van der Waals surface area (Å²) < 4.78 is 28.6. The van der Waals surface area contributed by atoms with Gasteiger partial charge >= 0.3 is 0 Å². The Morgan fingerprint density at radius 2 is 1.89 bits per heavy atom. The number of rotatable bonds is 6. The van der Waals surface area contributed by atoms with Crippen LogP contribution < -0.4 is 10.5 Å². The predicted octanol–water partition coefficient (Wildman–Crippen LogP) is 1.15. The largest absolute Gasteiger partial charge is 0.392 e. The van der Waals surface area contributed by atoms with Gasteiger partial charge in [0.2, 0.25) is 0 Å². The van der Waals surface area contributed by atoms with Gasteiger partial charge in [-0.25, -0.2) is 0 Å². The molecule has 0 aliphatic carbocycles. The molecule has 1 atom stereocenters. The number of hydrogen-bond acceptors (Lipinski definition) is 3. The molecule has 0 saturated carbocycles. The van der Waals surface area contributed by atoms with E-state index < -0.39 is 16.3 Å². The maximum Gasteiger partial charge on any atom is 0.280 e. The number of hydrogen-bond donors (Lipinski definition) is 2. The minimum Gasteiger partial charge on any atom is -0.392 e. The van der Waals surface area contributed by atoms with Gasteiger partial charge < -0.3 is 5.73 Å². The van der Waals surface area contributed by atoms with Crippen LogP contribution in [0.4, 0.5) is 0 Å². The molecule has 0 bridgehead atoms. The van der Waals surface area contributed by atoms with Crippen molar-refractivity contribution in [3.63, 3.8) is 0 Å². The van der Waals surface area contributed by atoms with Crippen LogP contribution in [-0.4, -0.2) is 36.8 Å². The van der Waals surface area contributed by atoms with E-state index in [-0.39, 0.29) is 4.99 Å². The highest BCUT2D eigenvalue weighted by Crippen LogP contribution is 2.13. The molecule has 0 spiro atoms. The Morgan fingerprint density at radius 3 is 2.33 bits per heavy atom. The maximum absolute atomic E-state index is 12.2. The summed E-state index contributed by atoms with van der Waals surface area (Å²) in [5.41, 5.74) is 5.58. The monoisotopic (exact) mass is 293 g/mol. The van der Waals surface area contributed by atoms with E-state index >= 15 is 0 Å². The van der Waals surface area contributed by atoms with Crippen LogP contribution in [0.1, 0.15) is 45.4 Å². The van der Waals surface area contributed by atoms with Gasteiger partial charge in [0, 0.05) is 13.1 Å². The number of nitrogens with zero attached hydrogens (tertiary/aromatic N) is 1. The third kappa shape index (κ3) is 4.79. The molecule has 1 saturated heterocycles. The quantitative estimate of drug-likeness (QED) is 0.720. The second-order valence-electron chi connectivity index (χ2n) is 4.68. The zero-order valence-corrected chi connectivity index (χ0v) is 12.5. The van der Waals surface area contributed by atoms with Gasteiger partial charge in [-0.3, -0.25) is 0 Å². The van der Waals surface area contributed by atoms with Gasteiger partial charge in [-0.1, -0.05) is 38.4 Å². The molecule has 1 rings (SSSR count). The van der Waals surface area contributed by atoms with E-state index in [0.717, 1.165) is 32.1 Å². The van der Waals surface area contributed by atoms with Crippen molar-refractivity contribution >= 4 is 27.4 Å². The molecular weight excluding hydrogens is 270 g/mol. The highest BCUT2D eigenvalue weighted by atomic mass is 32.2. The van der Waals surface area contributed by atoms with Crippen LogP contribution in [0, 0.1) is 0 Å². The van der Waals surface area contributed by atoms with Crippen LogP contribution in [0.15, 0.2) is 0 Å². The van der Waals surface area contributed by atoms with E-state index in [1.54, 1.807) is 0 Å². The number of nitrogens with two attached hydrogens (primary N) is 1. The van der Waals surface area contributed by atoms with Crippen molar-refractivity contribution in [1.29, 1.82) is 0 Å². The van der Waals surface area contributed by atoms with Crippen LogP contribution >= 0.6 is 12.2 Å². The second kappa shape index (κ2) is 7.37. The molecular formula is C11H23N3O2S2. The van der Waals surface area contributed by atoms with Crippen LogP contribution in [0.3, 0.4) is 0 Å². The van der Waals surface area contributed by atoms with Crippen molar-refractivity contribution in [3.8, 4) is 0 Å². The van der Waals surface area contributed by atoms with Crippen molar-refractivity contribution in [1.82, 2.24) is 9.03 Å².